The minimum Gasteiger partial charge on any atom is -0.372 e. The van der Waals surface area contributed by atoms with Crippen LogP contribution in [0.25, 0.3) is 0 Å². The van der Waals surface area contributed by atoms with Crippen molar-refractivity contribution in [3.8, 4) is 0 Å². The summed E-state index contributed by atoms with van der Waals surface area (Å²) in [6.07, 6.45) is 0. The van der Waals surface area contributed by atoms with Gasteiger partial charge in [-0.05, 0) is 22.6 Å². The first-order valence-electron chi connectivity index (χ1n) is 10.2. The molecular weight excluding hydrogens is 392 g/mol. The van der Waals surface area contributed by atoms with E-state index in [-0.39, 0.29) is 0 Å². The molecule has 1 aromatic heterocycles. The van der Waals surface area contributed by atoms with Gasteiger partial charge in [0, 0.05) is 19.0 Å². The minimum absolute atomic E-state index is 0.452. The summed E-state index contributed by atoms with van der Waals surface area (Å²) in [7, 11) is 1.78. The Morgan fingerprint density at radius 3 is 2.37 bits per heavy atom. The molecule has 3 aromatic rings. The lowest BCUT2D eigenvalue weighted by atomic mass is 10.1. The molecule has 0 unspecified atom stereocenters. The third kappa shape index (κ3) is 6.68. The van der Waals surface area contributed by atoms with Crippen LogP contribution >= 0.6 is 11.3 Å². The quantitative estimate of drug-likeness (QED) is 0.382. The zero-order valence-corrected chi connectivity index (χ0v) is 18.7. The third-order valence-corrected chi connectivity index (χ3v) is 5.59. The highest BCUT2D eigenvalue weighted by molar-refractivity contribution is 7.09. The highest BCUT2D eigenvalue weighted by atomic mass is 32.1. The van der Waals surface area contributed by atoms with E-state index in [1.54, 1.807) is 18.4 Å². The molecule has 5 nitrogen and oxygen atoms in total. The first kappa shape index (κ1) is 22.0. The van der Waals surface area contributed by atoms with Crippen molar-refractivity contribution >= 4 is 17.3 Å². The predicted molar refractivity (Wildman–Crippen MR) is 125 cm³/mol. The summed E-state index contributed by atoms with van der Waals surface area (Å²) in [5, 5.41) is 9.94. The van der Waals surface area contributed by atoms with Crippen LogP contribution in [0.1, 0.15) is 47.2 Å². The number of nitrogens with zero attached hydrogens (tertiary/aromatic N) is 2. The number of aromatic nitrogens is 1. The molecule has 2 N–H and O–H groups in total. The highest BCUT2D eigenvalue weighted by Gasteiger charge is 2.07. The largest absolute Gasteiger partial charge is 0.372 e. The second-order valence-electron chi connectivity index (χ2n) is 7.35. The molecule has 0 atom stereocenters. The maximum Gasteiger partial charge on any atom is 0.191 e. The van der Waals surface area contributed by atoms with Crippen molar-refractivity contribution in [1.29, 1.82) is 0 Å². The predicted octanol–water partition coefficient (Wildman–Crippen LogP) is 4.85. The molecule has 2 aromatic carbocycles. The van der Waals surface area contributed by atoms with Crippen molar-refractivity contribution in [2.24, 2.45) is 4.99 Å². The molecule has 0 aliphatic rings. The van der Waals surface area contributed by atoms with Gasteiger partial charge in [0.05, 0.1) is 25.5 Å². The van der Waals surface area contributed by atoms with Crippen LogP contribution in [-0.4, -0.2) is 18.0 Å². The van der Waals surface area contributed by atoms with Crippen molar-refractivity contribution in [2.75, 3.05) is 7.05 Å². The van der Waals surface area contributed by atoms with Crippen molar-refractivity contribution in [2.45, 2.75) is 46.1 Å². The SMILES string of the molecule is CN=C(NCc1nc(C(C)C)cs1)NCc1ccccc1COCc1ccccc1. The highest BCUT2D eigenvalue weighted by Crippen LogP contribution is 2.17. The Hall–Kier alpha value is -2.70. The van der Waals surface area contributed by atoms with Crippen LogP contribution in [0.15, 0.2) is 65.0 Å². The van der Waals surface area contributed by atoms with E-state index in [0.717, 1.165) is 16.7 Å². The van der Waals surface area contributed by atoms with Crippen LogP contribution in [0.5, 0.6) is 0 Å². The van der Waals surface area contributed by atoms with E-state index in [2.05, 4.69) is 70.2 Å². The van der Waals surface area contributed by atoms with Crippen LogP contribution in [0.4, 0.5) is 0 Å². The summed E-state index contributed by atoms with van der Waals surface area (Å²) in [6.45, 7) is 6.86. The van der Waals surface area contributed by atoms with E-state index in [4.69, 9.17) is 4.74 Å². The lowest BCUT2D eigenvalue weighted by Gasteiger charge is -2.14. The summed E-state index contributed by atoms with van der Waals surface area (Å²) in [6, 6.07) is 18.6. The third-order valence-electron chi connectivity index (χ3n) is 4.73. The average Bonchev–Trinajstić information content (AvgIpc) is 3.25. The van der Waals surface area contributed by atoms with Crippen LogP contribution in [0.2, 0.25) is 0 Å². The maximum absolute atomic E-state index is 5.93. The molecule has 158 valence electrons. The lowest BCUT2D eigenvalue weighted by molar-refractivity contribution is 0.106. The molecule has 0 spiro atoms. The zero-order chi connectivity index (χ0) is 21.2. The van der Waals surface area contributed by atoms with Gasteiger partial charge in [0.15, 0.2) is 5.96 Å². The Balaban J connectivity index is 1.50. The topological polar surface area (TPSA) is 58.5 Å². The van der Waals surface area contributed by atoms with Gasteiger partial charge in [0.25, 0.3) is 0 Å². The van der Waals surface area contributed by atoms with Gasteiger partial charge in [-0.2, -0.15) is 0 Å². The monoisotopic (exact) mass is 422 g/mol. The van der Waals surface area contributed by atoms with Crippen LogP contribution in [0.3, 0.4) is 0 Å². The first-order valence-corrected chi connectivity index (χ1v) is 11.1. The van der Waals surface area contributed by atoms with Gasteiger partial charge in [-0.15, -0.1) is 11.3 Å². The molecule has 6 heteroatoms. The first-order chi connectivity index (χ1) is 14.7. The number of thiazole rings is 1. The second-order valence-corrected chi connectivity index (χ2v) is 8.29. The number of benzene rings is 2. The van der Waals surface area contributed by atoms with E-state index in [0.29, 0.717) is 32.2 Å². The normalized spacial score (nSPS) is 11.7. The van der Waals surface area contributed by atoms with Crippen molar-refractivity contribution < 1.29 is 4.74 Å². The molecule has 0 radical (unpaired) electrons. The van der Waals surface area contributed by atoms with Gasteiger partial charge >= 0.3 is 0 Å². The van der Waals surface area contributed by atoms with E-state index >= 15 is 0 Å². The Bertz CT molecular complexity index is 937. The summed E-state index contributed by atoms with van der Waals surface area (Å²) >= 11 is 1.68. The van der Waals surface area contributed by atoms with E-state index in [1.807, 2.05) is 24.3 Å². The summed E-state index contributed by atoms with van der Waals surface area (Å²) in [5.41, 5.74) is 4.70. The van der Waals surface area contributed by atoms with Gasteiger partial charge in [-0.3, -0.25) is 4.99 Å². The molecule has 0 saturated carbocycles. The second kappa shape index (κ2) is 11.5. The molecule has 30 heavy (non-hydrogen) atoms. The number of ether oxygens (including phenoxy) is 1. The fourth-order valence-electron chi connectivity index (χ4n) is 2.95. The van der Waals surface area contributed by atoms with Crippen molar-refractivity contribution in [3.05, 3.63) is 87.4 Å². The number of guanidine groups is 1. The summed E-state index contributed by atoms with van der Waals surface area (Å²) in [5.74, 6) is 1.21. The molecule has 0 saturated heterocycles. The maximum atomic E-state index is 5.93. The number of rotatable bonds is 9. The molecule has 0 aliphatic carbocycles. The molecule has 0 aliphatic heterocycles. The fraction of sp³-hybridized carbons (Fsp3) is 0.333. The molecular formula is C24H30N4OS. The molecule has 0 amide bonds. The van der Waals surface area contributed by atoms with Gasteiger partial charge in [-0.1, -0.05) is 68.4 Å². The Kier molecular flexibility index (Phi) is 8.41. The van der Waals surface area contributed by atoms with Crippen LogP contribution in [0, 0.1) is 0 Å². The number of nitrogens with one attached hydrogen (secondary N) is 2. The van der Waals surface area contributed by atoms with Crippen molar-refractivity contribution in [3.63, 3.8) is 0 Å². The van der Waals surface area contributed by atoms with Gasteiger partial charge in [0.2, 0.25) is 0 Å². The summed E-state index contributed by atoms with van der Waals surface area (Å²) in [4.78, 5) is 9.00. The molecule has 1 heterocycles. The molecule has 0 bridgehead atoms. The Labute approximate surface area is 183 Å². The lowest BCUT2D eigenvalue weighted by Crippen LogP contribution is -2.36. The van der Waals surface area contributed by atoms with Crippen LogP contribution < -0.4 is 10.6 Å². The number of aliphatic imine (C=N–C) groups is 1. The van der Waals surface area contributed by atoms with Gasteiger partial charge in [0.1, 0.15) is 5.01 Å². The molecule has 3 rings (SSSR count). The Morgan fingerprint density at radius 1 is 0.967 bits per heavy atom. The number of hydrogen-bond donors (Lipinski definition) is 2. The van der Waals surface area contributed by atoms with E-state index in [9.17, 15) is 0 Å². The fourth-order valence-corrected chi connectivity index (χ4v) is 3.85. The van der Waals surface area contributed by atoms with Gasteiger partial charge in [-0.25, -0.2) is 4.98 Å². The summed E-state index contributed by atoms with van der Waals surface area (Å²) < 4.78 is 5.93. The van der Waals surface area contributed by atoms with E-state index in [1.165, 1.54) is 16.7 Å². The van der Waals surface area contributed by atoms with E-state index < -0.39 is 0 Å². The zero-order valence-electron chi connectivity index (χ0n) is 17.9. The standard InChI is InChI=1S/C24H30N4OS/c1-18(2)22-17-30-23(28-22)14-27-24(25-3)26-13-20-11-7-8-12-21(20)16-29-15-19-9-5-4-6-10-19/h4-12,17-18H,13-16H2,1-3H3,(H2,25,26,27). The van der Waals surface area contributed by atoms with Crippen molar-refractivity contribution in [1.82, 2.24) is 15.6 Å². The van der Waals surface area contributed by atoms with Crippen LogP contribution in [-0.2, 0) is 31.0 Å². The molecule has 0 fully saturated rings. The van der Waals surface area contributed by atoms with Gasteiger partial charge < -0.3 is 15.4 Å². The smallest absolute Gasteiger partial charge is 0.191 e. The minimum atomic E-state index is 0.452. The number of hydrogen-bond acceptors (Lipinski definition) is 4. The Morgan fingerprint density at radius 2 is 1.67 bits per heavy atom. The average molecular weight is 423 g/mol.